The number of ketones is 1. The maximum atomic E-state index is 15.1. The van der Waals surface area contributed by atoms with Crippen molar-refractivity contribution >= 4 is 22.4 Å². The number of carbonyl (C=O) groups is 1. The summed E-state index contributed by atoms with van der Waals surface area (Å²) in [6.07, 6.45) is 5.32. The summed E-state index contributed by atoms with van der Waals surface area (Å²) in [5, 5.41) is 0. The van der Waals surface area contributed by atoms with Gasteiger partial charge >= 0.3 is 0 Å². The summed E-state index contributed by atoms with van der Waals surface area (Å²) >= 11 is 0. The van der Waals surface area contributed by atoms with Crippen molar-refractivity contribution in [1.29, 1.82) is 0 Å². The van der Waals surface area contributed by atoms with Crippen molar-refractivity contribution in [3.8, 4) is 11.6 Å². The van der Waals surface area contributed by atoms with Crippen LogP contribution < -0.4 is 9.47 Å². The average molecular weight is 507 g/mol. The van der Waals surface area contributed by atoms with Crippen LogP contribution in [0, 0.1) is 5.82 Å². The minimum atomic E-state index is -0.570. The number of aromatic nitrogens is 2. The molecule has 2 saturated heterocycles. The van der Waals surface area contributed by atoms with Crippen molar-refractivity contribution < 1.29 is 32.9 Å². The topological polar surface area (TPSA) is 91.9 Å². The first-order chi connectivity index (χ1) is 18.1. The Balaban J connectivity index is 1.13. The van der Waals surface area contributed by atoms with Gasteiger partial charge < -0.3 is 28.7 Å². The highest BCUT2D eigenvalue weighted by Crippen LogP contribution is 2.34. The lowest BCUT2D eigenvalue weighted by Gasteiger charge is -2.17. The highest BCUT2D eigenvalue weighted by Gasteiger charge is 2.48. The highest BCUT2D eigenvalue weighted by molar-refractivity contribution is 5.87. The lowest BCUT2D eigenvalue weighted by atomic mass is 9.90. The fourth-order valence-corrected chi connectivity index (χ4v) is 4.95. The van der Waals surface area contributed by atoms with E-state index in [1.54, 1.807) is 13.2 Å². The van der Waals surface area contributed by atoms with Gasteiger partial charge in [0.05, 0.1) is 29.9 Å². The fourth-order valence-electron chi connectivity index (χ4n) is 4.95. The Bertz CT molecular complexity index is 1360. The molecule has 4 heterocycles. The molecule has 0 radical (unpaired) electrons. The summed E-state index contributed by atoms with van der Waals surface area (Å²) in [6.45, 7) is 1.34. The van der Waals surface area contributed by atoms with Crippen molar-refractivity contribution in [3.05, 3.63) is 71.7 Å². The van der Waals surface area contributed by atoms with E-state index < -0.39 is 18.3 Å². The van der Waals surface area contributed by atoms with E-state index in [0.29, 0.717) is 42.2 Å². The van der Waals surface area contributed by atoms with E-state index >= 15 is 4.39 Å². The van der Waals surface area contributed by atoms with Crippen LogP contribution in [0.2, 0.25) is 0 Å². The van der Waals surface area contributed by atoms with Crippen molar-refractivity contribution in [2.45, 2.75) is 30.7 Å². The Morgan fingerprint density at radius 1 is 1.16 bits per heavy atom. The molecule has 1 N–H and O–H groups in total. The van der Waals surface area contributed by atoms with Crippen molar-refractivity contribution in [3.63, 3.8) is 0 Å². The zero-order valence-corrected chi connectivity index (χ0v) is 20.3. The second kappa shape index (κ2) is 10.1. The minimum absolute atomic E-state index is 0.0394. The molecular weight excluding hydrogens is 479 g/mol. The third kappa shape index (κ3) is 4.77. The molecule has 2 aromatic heterocycles. The number of rotatable bonds is 8. The molecular formula is C28H27FN2O6. The third-order valence-electron chi connectivity index (χ3n) is 6.87. The number of hydrogen-bond donors (Lipinski definition) is 1. The number of allylic oxidation sites excluding steroid dienone is 4. The lowest BCUT2D eigenvalue weighted by Crippen LogP contribution is -2.33. The number of nitrogens with zero attached hydrogens (tertiary/aromatic N) is 1. The zero-order valence-electron chi connectivity index (χ0n) is 20.3. The molecule has 2 unspecified atom stereocenters. The van der Waals surface area contributed by atoms with Crippen LogP contribution in [0.25, 0.3) is 16.6 Å². The van der Waals surface area contributed by atoms with Crippen LogP contribution in [-0.2, 0) is 19.0 Å². The Kier molecular flexibility index (Phi) is 6.50. The van der Waals surface area contributed by atoms with E-state index in [0.717, 1.165) is 16.9 Å². The number of Topliss-reactive ketones (excluding diaryl/α,β-unsaturated/α-hetero) is 1. The predicted molar refractivity (Wildman–Crippen MR) is 133 cm³/mol. The summed E-state index contributed by atoms with van der Waals surface area (Å²) in [4.78, 5) is 19.5. The van der Waals surface area contributed by atoms with Gasteiger partial charge in [-0.1, -0.05) is 30.4 Å². The first kappa shape index (κ1) is 23.8. The summed E-state index contributed by atoms with van der Waals surface area (Å²) < 4.78 is 42.7. The van der Waals surface area contributed by atoms with Crippen molar-refractivity contribution in [1.82, 2.24) is 9.97 Å². The first-order valence-electron chi connectivity index (χ1n) is 12.3. The third-order valence-corrected chi connectivity index (χ3v) is 6.87. The molecule has 8 nitrogen and oxygen atoms in total. The van der Waals surface area contributed by atoms with Gasteiger partial charge in [-0.2, -0.15) is 0 Å². The lowest BCUT2D eigenvalue weighted by molar-refractivity contribution is -0.125. The number of H-pyrrole nitrogens is 1. The van der Waals surface area contributed by atoms with Gasteiger partial charge in [-0.15, -0.1) is 0 Å². The minimum Gasteiger partial charge on any atom is -0.491 e. The van der Waals surface area contributed by atoms with E-state index in [4.69, 9.17) is 23.7 Å². The van der Waals surface area contributed by atoms with E-state index in [1.807, 2.05) is 36.4 Å². The first-order valence-corrected chi connectivity index (χ1v) is 12.3. The fraction of sp³-hybridized carbons (Fsp3) is 0.357. The quantitative estimate of drug-likeness (QED) is 0.462. The highest BCUT2D eigenvalue weighted by atomic mass is 19.1. The van der Waals surface area contributed by atoms with Gasteiger partial charge in [0.1, 0.15) is 37.0 Å². The number of halogens is 1. The van der Waals surface area contributed by atoms with Gasteiger partial charge in [0, 0.05) is 25.2 Å². The van der Waals surface area contributed by atoms with E-state index in [-0.39, 0.29) is 30.7 Å². The van der Waals surface area contributed by atoms with Gasteiger partial charge in [-0.05, 0) is 29.7 Å². The smallest absolute Gasteiger partial charge is 0.193 e. The van der Waals surface area contributed by atoms with Crippen molar-refractivity contribution in [2.24, 2.45) is 0 Å². The number of nitrogens with one attached hydrogen (secondary N) is 1. The van der Waals surface area contributed by atoms with Crippen molar-refractivity contribution in [2.75, 3.05) is 33.5 Å². The number of benzene rings is 1. The van der Waals surface area contributed by atoms with Crippen LogP contribution in [0.4, 0.5) is 4.39 Å². The molecule has 4 atom stereocenters. The maximum absolute atomic E-state index is 15.1. The van der Waals surface area contributed by atoms with Gasteiger partial charge in [-0.25, -0.2) is 9.37 Å². The Morgan fingerprint density at radius 2 is 2.03 bits per heavy atom. The summed E-state index contributed by atoms with van der Waals surface area (Å²) in [5.41, 5.74) is 3.68. The van der Waals surface area contributed by atoms with Crippen LogP contribution in [-0.4, -0.2) is 67.6 Å². The molecule has 192 valence electrons. The van der Waals surface area contributed by atoms with E-state index in [9.17, 15) is 4.79 Å². The molecule has 2 aliphatic heterocycles. The second-order valence-corrected chi connectivity index (χ2v) is 9.30. The number of fused-ring (bicyclic) bond motifs is 2. The van der Waals surface area contributed by atoms with Crippen LogP contribution in [0.15, 0.2) is 54.6 Å². The Labute approximate surface area is 213 Å². The molecule has 0 amide bonds. The number of methoxy groups -OCH3 is 1. The molecule has 6 rings (SSSR count). The van der Waals surface area contributed by atoms with Gasteiger partial charge in [0.25, 0.3) is 0 Å². The normalized spacial score (nSPS) is 24.9. The number of pyridine rings is 1. The van der Waals surface area contributed by atoms with Gasteiger partial charge in [0.2, 0.25) is 0 Å². The van der Waals surface area contributed by atoms with Gasteiger partial charge in [-0.3, -0.25) is 4.79 Å². The Morgan fingerprint density at radius 3 is 2.81 bits per heavy atom. The molecule has 0 spiro atoms. The molecule has 0 saturated carbocycles. The van der Waals surface area contributed by atoms with Crippen LogP contribution in [0.3, 0.4) is 0 Å². The summed E-state index contributed by atoms with van der Waals surface area (Å²) in [5.74, 6) is 0.609. The average Bonchev–Trinajstić information content (AvgIpc) is 3.61. The van der Waals surface area contributed by atoms with Crippen LogP contribution >= 0.6 is 0 Å². The molecule has 3 aromatic rings. The molecule has 3 aliphatic rings. The zero-order chi connectivity index (χ0) is 25.4. The molecule has 0 bridgehead atoms. The van der Waals surface area contributed by atoms with Crippen LogP contribution in [0.1, 0.15) is 23.6 Å². The number of ether oxygens (including phenoxy) is 5. The molecule has 37 heavy (non-hydrogen) atoms. The predicted octanol–water partition coefficient (Wildman–Crippen LogP) is 3.97. The van der Waals surface area contributed by atoms with Crippen LogP contribution in [0.5, 0.6) is 11.6 Å². The number of aromatic amines is 1. The summed E-state index contributed by atoms with van der Waals surface area (Å²) in [7, 11) is 1.64. The largest absolute Gasteiger partial charge is 0.491 e. The molecule has 2 fully saturated rings. The van der Waals surface area contributed by atoms with E-state index in [1.165, 1.54) is 6.07 Å². The SMILES string of the molecule is COCCOc1ccc(C2=CCC(c3nc4cc(OC5CO[C@@H]6C(=O)CO[C@H]56)[nH]c4cc3F)C=C2)cc1. The monoisotopic (exact) mass is 506 g/mol. The Hall–Kier alpha value is -3.53. The molecule has 1 aliphatic carbocycles. The van der Waals surface area contributed by atoms with Gasteiger partial charge in [0.15, 0.2) is 17.8 Å². The number of hydrogen-bond acceptors (Lipinski definition) is 7. The van der Waals surface area contributed by atoms with E-state index in [2.05, 4.69) is 16.0 Å². The number of carbonyl (C=O) groups excluding carboxylic acids is 1. The standard InChI is InChI=1S/C28H27FN2O6/c1-33-10-11-34-19-8-6-17(7-9-19)16-2-4-18(5-3-16)26-20(29)12-21-22(31-26)13-25(30-21)37-24-15-36-27-23(32)14-35-28(24)27/h2-4,6-9,12-13,18,24,27-28,30H,5,10-11,14-15H2,1H3/t18?,24?,27-,28-/m1/s1. The summed E-state index contributed by atoms with van der Waals surface area (Å²) in [6, 6.07) is 11.1. The maximum Gasteiger partial charge on any atom is 0.193 e. The second-order valence-electron chi connectivity index (χ2n) is 9.30. The molecule has 1 aromatic carbocycles. The molecule has 9 heteroatoms.